The molecule has 0 radical (unpaired) electrons. The zero-order chi connectivity index (χ0) is 16.0. The normalized spacial score (nSPS) is 23.5. The van der Waals surface area contributed by atoms with Crippen molar-refractivity contribution < 1.29 is 4.79 Å². The third-order valence-electron chi connectivity index (χ3n) is 5.25. The summed E-state index contributed by atoms with van der Waals surface area (Å²) in [6, 6.07) is 2.46. The molecule has 0 bridgehead atoms. The third-order valence-corrected chi connectivity index (χ3v) is 6.24. The van der Waals surface area contributed by atoms with Gasteiger partial charge in [0.05, 0.1) is 12.0 Å². The van der Waals surface area contributed by atoms with Crippen molar-refractivity contribution >= 4 is 17.2 Å². The van der Waals surface area contributed by atoms with Gasteiger partial charge < -0.3 is 9.47 Å². The quantitative estimate of drug-likeness (QED) is 0.851. The van der Waals surface area contributed by atoms with Gasteiger partial charge in [0.1, 0.15) is 11.6 Å². The minimum Gasteiger partial charge on any atom is -0.335 e. The number of aryl methyl sites for hydroxylation is 2. The summed E-state index contributed by atoms with van der Waals surface area (Å²) in [6.45, 7) is 5.74. The highest BCUT2D eigenvalue weighted by atomic mass is 32.1. The lowest BCUT2D eigenvalue weighted by Crippen LogP contribution is -2.44. The highest BCUT2D eigenvalue weighted by Gasteiger charge is 2.35. The maximum atomic E-state index is 13.2. The van der Waals surface area contributed by atoms with Crippen LogP contribution in [0.15, 0.2) is 11.4 Å². The molecule has 0 aliphatic carbocycles. The molecule has 122 valence electrons. The molecule has 2 aromatic heterocycles. The average Bonchev–Trinajstić information content (AvgIpc) is 3.20. The molecule has 2 aliphatic heterocycles. The van der Waals surface area contributed by atoms with Gasteiger partial charge in [-0.3, -0.25) is 4.79 Å². The molecular formula is C17H22N4OS. The molecule has 4 rings (SSSR count). The Hall–Kier alpha value is -1.69. The van der Waals surface area contributed by atoms with E-state index in [0.29, 0.717) is 5.91 Å². The summed E-state index contributed by atoms with van der Waals surface area (Å²) < 4.78 is 2.12. The van der Waals surface area contributed by atoms with Crippen LogP contribution in [0, 0.1) is 12.8 Å². The number of fused-ring (bicyclic) bond motifs is 2. The van der Waals surface area contributed by atoms with E-state index in [2.05, 4.69) is 38.0 Å². The van der Waals surface area contributed by atoms with Crippen molar-refractivity contribution in [2.24, 2.45) is 5.92 Å². The summed E-state index contributed by atoms with van der Waals surface area (Å²) in [5, 5.41) is 10.5. The van der Waals surface area contributed by atoms with E-state index in [0.717, 1.165) is 50.4 Å². The standard InChI is InChI=1S/C17H22N4OS/c1-3-14-13-7-9-23-15(13)6-8-20(14)17(22)12-4-5-16-19-18-11(2)21(16)10-12/h7,9,12,14H,3-6,8,10H2,1-2H3/t12-,14-/m1/s1. The molecule has 0 fully saturated rings. The molecule has 2 aromatic rings. The molecule has 0 spiro atoms. The van der Waals surface area contributed by atoms with E-state index >= 15 is 0 Å². The molecule has 2 atom stereocenters. The van der Waals surface area contributed by atoms with Crippen LogP contribution >= 0.6 is 11.3 Å². The fraction of sp³-hybridized carbons (Fsp3) is 0.588. The van der Waals surface area contributed by atoms with Crippen LogP contribution < -0.4 is 0 Å². The Morgan fingerprint density at radius 1 is 1.39 bits per heavy atom. The van der Waals surface area contributed by atoms with E-state index in [1.165, 1.54) is 10.4 Å². The van der Waals surface area contributed by atoms with Gasteiger partial charge in [0.25, 0.3) is 0 Å². The summed E-state index contributed by atoms with van der Waals surface area (Å²) >= 11 is 1.83. The molecule has 0 unspecified atom stereocenters. The van der Waals surface area contributed by atoms with Crippen molar-refractivity contribution in [1.82, 2.24) is 19.7 Å². The molecule has 6 heteroatoms. The van der Waals surface area contributed by atoms with Crippen LogP contribution in [0.4, 0.5) is 0 Å². The van der Waals surface area contributed by atoms with Crippen LogP contribution in [0.25, 0.3) is 0 Å². The van der Waals surface area contributed by atoms with Gasteiger partial charge in [-0.15, -0.1) is 21.5 Å². The van der Waals surface area contributed by atoms with Crippen LogP contribution in [0.2, 0.25) is 0 Å². The number of carbonyl (C=O) groups excluding carboxylic acids is 1. The second-order valence-electron chi connectivity index (χ2n) is 6.51. The van der Waals surface area contributed by atoms with Crippen molar-refractivity contribution in [3.05, 3.63) is 33.5 Å². The third kappa shape index (κ3) is 2.40. The first-order chi connectivity index (χ1) is 11.2. The molecule has 0 N–H and O–H groups in total. The molecule has 2 aliphatic rings. The Morgan fingerprint density at radius 2 is 2.26 bits per heavy atom. The van der Waals surface area contributed by atoms with E-state index in [-0.39, 0.29) is 12.0 Å². The number of rotatable bonds is 2. The molecule has 4 heterocycles. The van der Waals surface area contributed by atoms with E-state index in [1.54, 1.807) is 0 Å². The fourth-order valence-corrected chi connectivity index (χ4v) is 4.93. The molecule has 23 heavy (non-hydrogen) atoms. The molecule has 0 aromatic carbocycles. The predicted octanol–water partition coefficient (Wildman–Crippen LogP) is 2.75. The van der Waals surface area contributed by atoms with Gasteiger partial charge in [-0.05, 0) is 43.2 Å². The summed E-state index contributed by atoms with van der Waals surface area (Å²) in [7, 11) is 0. The lowest BCUT2D eigenvalue weighted by atomic mass is 9.92. The Morgan fingerprint density at radius 3 is 3.09 bits per heavy atom. The smallest absolute Gasteiger partial charge is 0.228 e. The minimum absolute atomic E-state index is 0.0615. The molecule has 5 nitrogen and oxygen atoms in total. The Kier molecular flexibility index (Phi) is 3.71. The van der Waals surface area contributed by atoms with E-state index in [4.69, 9.17) is 0 Å². The van der Waals surface area contributed by atoms with E-state index in [9.17, 15) is 4.79 Å². The zero-order valence-corrected chi connectivity index (χ0v) is 14.5. The SMILES string of the molecule is CC[C@@H]1c2ccsc2CCN1C(=O)[C@@H]1CCc2nnc(C)n2C1. The van der Waals surface area contributed by atoms with Gasteiger partial charge in [0.2, 0.25) is 5.91 Å². The Balaban J connectivity index is 1.57. The van der Waals surface area contributed by atoms with Crippen molar-refractivity contribution in [2.75, 3.05) is 6.54 Å². The van der Waals surface area contributed by atoms with E-state index in [1.807, 2.05) is 18.3 Å². The number of nitrogens with zero attached hydrogens (tertiary/aromatic N) is 4. The summed E-state index contributed by atoms with van der Waals surface area (Å²) in [4.78, 5) is 16.8. The van der Waals surface area contributed by atoms with Crippen molar-refractivity contribution in [3.8, 4) is 0 Å². The fourth-order valence-electron chi connectivity index (χ4n) is 4.00. The predicted molar refractivity (Wildman–Crippen MR) is 89.3 cm³/mol. The van der Waals surface area contributed by atoms with Crippen LogP contribution in [-0.2, 0) is 24.2 Å². The van der Waals surface area contributed by atoms with Crippen LogP contribution in [0.5, 0.6) is 0 Å². The average molecular weight is 330 g/mol. The first-order valence-electron chi connectivity index (χ1n) is 8.44. The number of hydrogen-bond donors (Lipinski definition) is 0. The first kappa shape index (κ1) is 14.9. The summed E-state index contributed by atoms with van der Waals surface area (Å²) in [5.41, 5.74) is 1.37. The highest BCUT2D eigenvalue weighted by molar-refractivity contribution is 7.10. The highest BCUT2D eigenvalue weighted by Crippen LogP contribution is 2.36. The molecular weight excluding hydrogens is 308 g/mol. The molecule has 1 amide bonds. The van der Waals surface area contributed by atoms with Crippen LogP contribution in [0.1, 0.15) is 47.9 Å². The first-order valence-corrected chi connectivity index (χ1v) is 9.32. The monoisotopic (exact) mass is 330 g/mol. The topological polar surface area (TPSA) is 51.0 Å². The van der Waals surface area contributed by atoms with Crippen molar-refractivity contribution in [1.29, 1.82) is 0 Å². The van der Waals surface area contributed by atoms with Crippen LogP contribution in [0.3, 0.4) is 0 Å². The van der Waals surface area contributed by atoms with Gasteiger partial charge in [-0.1, -0.05) is 6.92 Å². The number of carbonyl (C=O) groups is 1. The Labute approximate surface area is 140 Å². The van der Waals surface area contributed by atoms with Gasteiger partial charge >= 0.3 is 0 Å². The van der Waals surface area contributed by atoms with Crippen LogP contribution in [-0.4, -0.2) is 32.1 Å². The zero-order valence-electron chi connectivity index (χ0n) is 13.7. The van der Waals surface area contributed by atoms with Gasteiger partial charge in [-0.25, -0.2) is 0 Å². The number of aromatic nitrogens is 3. The second kappa shape index (κ2) is 5.74. The number of amides is 1. The second-order valence-corrected chi connectivity index (χ2v) is 7.52. The lowest BCUT2D eigenvalue weighted by molar-refractivity contribution is -0.139. The Bertz CT molecular complexity index is 735. The molecule has 0 saturated carbocycles. The number of hydrogen-bond acceptors (Lipinski definition) is 4. The lowest BCUT2D eigenvalue weighted by Gasteiger charge is -2.38. The van der Waals surface area contributed by atoms with Crippen molar-refractivity contribution in [3.63, 3.8) is 0 Å². The van der Waals surface area contributed by atoms with Gasteiger partial charge in [0.15, 0.2) is 0 Å². The number of thiophene rings is 1. The maximum Gasteiger partial charge on any atom is 0.228 e. The van der Waals surface area contributed by atoms with Crippen molar-refractivity contribution in [2.45, 2.75) is 52.1 Å². The molecule has 0 saturated heterocycles. The van der Waals surface area contributed by atoms with E-state index < -0.39 is 0 Å². The van der Waals surface area contributed by atoms with Gasteiger partial charge in [-0.2, -0.15) is 0 Å². The largest absolute Gasteiger partial charge is 0.335 e. The maximum absolute atomic E-state index is 13.2. The summed E-state index contributed by atoms with van der Waals surface area (Å²) in [5.74, 6) is 2.32. The summed E-state index contributed by atoms with van der Waals surface area (Å²) in [6.07, 6.45) is 3.73. The minimum atomic E-state index is 0.0615. The van der Waals surface area contributed by atoms with Gasteiger partial charge in [0, 0.05) is 24.4 Å².